The monoisotopic (exact) mass is 291 g/mol. The summed E-state index contributed by atoms with van der Waals surface area (Å²) in [7, 11) is 0. The van der Waals surface area contributed by atoms with Crippen molar-refractivity contribution in [1.82, 2.24) is 4.90 Å². The molecule has 1 saturated carbocycles. The average molecular weight is 291 g/mol. The fourth-order valence-electron chi connectivity index (χ4n) is 3.52. The highest BCUT2D eigenvalue weighted by molar-refractivity contribution is 5.95. The molecule has 0 bridgehead atoms. The van der Waals surface area contributed by atoms with Gasteiger partial charge in [0.2, 0.25) is 0 Å². The van der Waals surface area contributed by atoms with Crippen molar-refractivity contribution < 1.29 is 19.1 Å². The Labute approximate surface area is 123 Å². The summed E-state index contributed by atoms with van der Waals surface area (Å²) in [4.78, 5) is 25.5. The molecule has 1 unspecified atom stereocenters. The number of likely N-dealkylation sites (tertiary alicyclic amines) is 1. The topological polar surface area (TPSA) is 70.8 Å². The van der Waals surface area contributed by atoms with Crippen molar-refractivity contribution in [3.8, 4) is 0 Å². The summed E-state index contributed by atoms with van der Waals surface area (Å²) in [6.45, 7) is 5.29. The van der Waals surface area contributed by atoms with E-state index < -0.39 is 5.97 Å². The van der Waals surface area contributed by atoms with Crippen LogP contribution in [0.25, 0.3) is 0 Å². The van der Waals surface area contributed by atoms with Crippen LogP contribution in [0.5, 0.6) is 0 Å². The van der Waals surface area contributed by atoms with Crippen LogP contribution in [0.1, 0.15) is 55.1 Å². The largest absolute Gasteiger partial charge is 0.481 e. The summed E-state index contributed by atoms with van der Waals surface area (Å²) in [6, 6.07) is 1.74. The van der Waals surface area contributed by atoms with Crippen LogP contribution in [-0.4, -0.2) is 35.0 Å². The summed E-state index contributed by atoms with van der Waals surface area (Å²) >= 11 is 0. The zero-order valence-electron chi connectivity index (χ0n) is 12.5. The first-order chi connectivity index (χ1) is 9.94. The van der Waals surface area contributed by atoms with Crippen molar-refractivity contribution in [2.24, 2.45) is 11.3 Å². The van der Waals surface area contributed by atoms with E-state index in [1.165, 1.54) is 0 Å². The summed E-state index contributed by atoms with van der Waals surface area (Å²) in [6.07, 6.45) is 3.93. The van der Waals surface area contributed by atoms with Crippen LogP contribution in [0.2, 0.25) is 0 Å². The number of aliphatic carboxylic acids is 1. The molecule has 21 heavy (non-hydrogen) atoms. The maximum absolute atomic E-state index is 12.6. The second kappa shape index (κ2) is 4.90. The molecule has 5 heteroatoms. The van der Waals surface area contributed by atoms with Crippen LogP contribution in [0.3, 0.4) is 0 Å². The molecule has 1 aromatic rings. The third kappa shape index (κ3) is 2.34. The number of furan rings is 1. The molecule has 1 atom stereocenters. The molecule has 1 amide bonds. The molecule has 0 radical (unpaired) electrons. The highest BCUT2D eigenvalue weighted by Crippen LogP contribution is 2.59. The second-order valence-corrected chi connectivity index (χ2v) is 6.60. The summed E-state index contributed by atoms with van der Waals surface area (Å²) in [5, 5.41) is 9.10. The van der Waals surface area contributed by atoms with E-state index in [1.54, 1.807) is 12.3 Å². The Morgan fingerprint density at radius 3 is 2.57 bits per heavy atom. The Kier molecular flexibility index (Phi) is 3.30. The lowest BCUT2D eigenvalue weighted by atomic mass is 9.90. The quantitative estimate of drug-likeness (QED) is 0.929. The lowest BCUT2D eigenvalue weighted by Crippen LogP contribution is -2.40. The Hall–Kier alpha value is -1.78. The predicted molar refractivity (Wildman–Crippen MR) is 76.1 cm³/mol. The SMILES string of the molecule is CC(C)c1occc1C(=O)N1CCC2(CC1)CC2C(=O)O. The van der Waals surface area contributed by atoms with Gasteiger partial charge < -0.3 is 14.4 Å². The van der Waals surface area contributed by atoms with E-state index in [0.29, 0.717) is 18.7 Å². The van der Waals surface area contributed by atoms with Gasteiger partial charge in [0.05, 0.1) is 17.7 Å². The molecule has 1 aliphatic heterocycles. The highest BCUT2D eigenvalue weighted by Gasteiger charge is 2.59. The van der Waals surface area contributed by atoms with Crippen molar-refractivity contribution in [1.29, 1.82) is 0 Å². The molecule has 2 fully saturated rings. The van der Waals surface area contributed by atoms with Gasteiger partial charge in [-0.2, -0.15) is 0 Å². The molecule has 3 rings (SSSR count). The molecule has 2 heterocycles. The zero-order chi connectivity index (χ0) is 15.2. The van der Waals surface area contributed by atoms with E-state index in [1.807, 2.05) is 18.7 Å². The molecule has 1 spiro atoms. The maximum Gasteiger partial charge on any atom is 0.307 e. The summed E-state index contributed by atoms with van der Waals surface area (Å²) in [5.74, 6) is 0.0291. The Bertz CT molecular complexity index is 567. The zero-order valence-corrected chi connectivity index (χ0v) is 12.5. The van der Waals surface area contributed by atoms with Gasteiger partial charge >= 0.3 is 5.97 Å². The van der Waals surface area contributed by atoms with E-state index in [-0.39, 0.29) is 23.2 Å². The van der Waals surface area contributed by atoms with Crippen molar-refractivity contribution in [3.63, 3.8) is 0 Å². The lowest BCUT2D eigenvalue weighted by molar-refractivity contribution is -0.139. The van der Waals surface area contributed by atoms with E-state index >= 15 is 0 Å². The lowest BCUT2D eigenvalue weighted by Gasteiger charge is -2.32. The number of piperidine rings is 1. The number of rotatable bonds is 3. The van der Waals surface area contributed by atoms with Gasteiger partial charge in [-0.3, -0.25) is 9.59 Å². The number of carboxylic acids is 1. The van der Waals surface area contributed by atoms with Gasteiger partial charge in [0.25, 0.3) is 5.91 Å². The maximum atomic E-state index is 12.6. The first-order valence-corrected chi connectivity index (χ1v) is 7.54. The molecule has 5 nitrogen and oxygen atoms in total. The van der Waals surface area contributed by atoms with Gasteiger partial charge in [-0.15, -0.1) is 0 Å². The minimum absolute atomic E-state index is 0.00910. The van der Waals surface area contributed by atoms with E-state index in [4.69, 9.17) is 9.52 Å². The van der Waals surface area contributed by atoms with Crippen LogP contribution in [0, 0.1) is 11.3 Å². The van der Waals surface area contributed by atoms with Gasteiger partial charge in [-0.25, -0.2) is 0 Å². The van der Waals surface area contributed by atoms with Crippen LogP contribution >= 0.6 is 0 Å². The molecule has 0 aromatic carbocycles. The number of carbonyl (C=O) groups excluding carboxylic acids is 1. The number of hydrogen-bond donors (Lipinski definition) is 1. The fraction of sp³-hybridized carbons (Fsp3) is 0.625. The summed E-state index contributed by atoms with van der Waals surface area (Å²) in [5.41, 5.74) is 0.603. The summed E-state index contributed by atoms with van der Waals surface area (Å²) < 4.78 is 5.41. The number of hydrogen-bond acceptors (Lipinski definition) is 3. The first kappa shape index (κ1) is 14.2. The Balaban J connectivity index is 1.66. The number of carbonyl (C=O) groups is 2. The Morgan fingerprint density at radius 2 is 2.05 bits per heavy atom. The van der Waals surface area contributed by atoms with Crippen molar-refractivity contribution >= 4 is 11.9 Å². The molecule has 114 valence electrons. The minimum Gasteiger partial charge on any atom is -0.481 e. The molecule has 1 aromatic heterocycles. The molecule has 1 aliphatic carbocycles. The number of nitrogens with zero attached hydrogens (tertiary/aromatic N) is 1. The van der Waals surface area contributed by atoms with Gasteiger partial charge in [-0.05, 0) is 30.7 Å². The van der Waals surface area contributed by atoms with Gasteiger partial charge in [0.15, 0.2) is 0 Å². The second-order valence-electron chi connectivity index (χ2n) is 6.60. The molecule has 1 saturated heterocycles. The number of carboxylic acid groups (broad SMARTS) is 1. The third-order valence-corrected chi connectivity index (χ3v) is 4.98. The third-order valence-electron chi connectivity index (χ3n) is 4.98. The fourth-order valence-corrected chi connectivity index (χ4v) is 3.52. The first-order valence-electron chi connectivity index (χ1n) is 7.54. The predicted octanol–water partition coefficient (Wildman–Crippen LogP) is 2.73. The van der Waals surface area contributed by atoms with Gasteiger partial charge in [0, 0.05) is 19.0 Å². The molecular weight excluding hydrogens is 270 g/mol. The molecule has 1 N–H and O–H groups in total. The number of amides is 1. The van der Waals surface area contributed by atoms with E-state index in [2.05, 4.69) is 0 Å². The van der Waals surface area contributed by atoms with Crippen molar-refractivity contribution in [2.75, 3.05) is 13.1 Å². The normalized spacial score (nSPS) is 23.6. The van der Waals surface area contributed by atoms with Crippen molar-refractivity contribution in [3.05, 3.63) is 23.7 Å². The molecular formula is C16H21NO4. The highest BCUT2D eigenvalue weighted by atomic mass is 16.4. The van der Waals surface area contributed by atoms with Gasteiger partial charge in [-0.1, -0.05) is 13.8 Å². The van der Waals surface area contributed by atoms with Crippen LogP contribution < -0.4 is 0 Å². The van der Waals surface area contributed by atoms with Crippen LogP contribution in [0.4, 0.5) is 0 Å². The van der Waals surface area contributed by atoms with E-state index in [0.717, 1.165) is 25.0 Å². The van der Waals surface area contributed by atoms with Gasteiger partial charge in [0.1, 0.15) is 5.76 Å². The van der Waals surface area contributed by atoms with Crippen LogP contribution in [-0.2, 0) is 4.79 Å². The minimum atomic E-state index is -0.688. The molecule has 2 aliphatic rings. The van der Waals surface area contributed by atoms with E-state index in [9.17, 15) is 9.59 Å². The Morgan fingerprint density at radius 1 is 1.38 bits per heavy atom. The smallest absolute Gasteiger partial charge is 0.307 e. The van der Waals surface area contributed by atoms with Crippen LogP contribution in [0.15, 0.2) is 16.7 Å². The van der Waals surface area contributed by atoms with Crippen molar-refractivity contribution in [2.45, 2.75) is 39.0 Å². The standard InChI is InChI=1S/C16H21NO4/c1-10(2)13-11(3-8-21-13)14(18)17-6-4-16(5-7-17)9-12(16)15(19)20/h3,8,10,12H,4-7,9H2,1-2H3,(H,19,20). The average Bonchev–Trinajstić information content (AvgIpc) is 2.94.